The molecule has 0 fully saturated rings. The molecule has 0 nitrogen and oxygen atoms in total. The second-order valence-corrected chi connectivity index (χ2v) is 14.8. The fraction of sp³-hybridized carbons (Fsp3) is 0.800. The van der Waals surface area contributed by atoms with E-state index in [1.54, 1.807) is 23.8 Å². The second-order valence-electron chi connectivity index (χ2n) is 10.2. The van der Waals surface area contributed by atoms with Crippen molar-refractivity contribution in [2.24, 2.45) is 0 Å². The van der Waals surface area contributed by atoms with Crippen molar-refractivity contribution in [1.82, 2.24) is 0 Å². The number of hydrogen-bond donors (Lipinski definition) is 0. The van der Waals surface area contributed by atoms with Crippen LogP contribution in [-0.2, 0) is 0 Å². The van der Waals surface area contributed by atoms with Crippen molar-refractivity contribution in [3.63, 3.8) is 0 Å². The quantitative estimate of drug-likeness (QED) is 0.122. The first-order valence-electron chi connectivity index (χ1n) is 14.3. The van der Waals surface area contributed by atoms with E-state index in [0.29, 0.717) is 0 Å². The van der Waals surface area contributed by atoms with Gasteiger partial charge in [-0.25, -0.2) is 0 Å². The summed E-state index contributed by atoms with van der Waals surface area (Å²) in [5, 5.41) is 1.78. The zero-order valence-corrected chi connectivity index (χ0v) is 22.7. The van der Waals surface area contributed by atoms with Crippen molar-refractivity contribution in [3.8, 4) is 0 Å². The van der Waals surface area contributed by atoms with Gasteiger partial charge in [0.1, 0.15) is 0 Å². The van der Waals surface area contributed by atoms with Crippen LogP contribution in [0.25, 0.3) is 0 Å². The van der Waals surface area contributed by atoms with Crippen LogP contribution in [0.1, 0.15) is 136 Å². The molecule has 182 valence electrons. The fourth-order valence-electron chi connectivity index (χ4n) is 5.33. The zero-order chi connectivity index (χ0) is 22.5. The number of benzene rings is 1. The maximum absolute atomic E-state index is 2.51. The summed E-state index contributed by atoms with van der Waals surface area (Å²) in [4.78, 5) is 0. The average molecular weight is 449 g/mol. The Labute approximate surface area is 197 Å². The Balaban J connectivity index is 2.71. The molecule has 0 aromatic heterocycles. The molecule has 0 bridgehead atoms. The Kier molecular flexibility index (Phi) is 18.8. The van der Waals surface area contributed by atoms with Gasteiger partial charge in [-0.05, 0) is 0 Å². The Morgan fingerprint density at radius 1 is 0.419 bits per heavy atom. The summed E-state index contributed by atoms with van der Waals surface area (Å²) in [6.07, 6.45) is 30.6. The average Bonchev–Trinajstić information content (AvgIpc) is 2.80. The van der Waals surface area contributed by atoms with Crippen molar-refractivity contribution < 1.29 is 0 Å². The van der Waals surface area contributed by atoms with Gasteiger partial charge < -0.3 is 0 Å². The molecule has 0 aliphatic rings. The second kappa shape index (κ2) is 20.3. The van der Waals surface area contributed by atoms with Gasteiger partial charge in [-0.3, -0.25) is 0 Å². The molecule has 0 atom stereocenters. The Morgan fingerprint density at radius 3 is 1.10 bits per heavy atom. The SMILES string of the molecule is CCCCCCCC[PH](CCCCCCCC)(CCCCCCCC)c1ccccc1. The summed E-state index contributed by atoms with van der Waals surface area (Å²) in [6.45, 7) is 6.98. The summed E-state index contributed by atoms with van der Waals surface area (Å²) in [6, 6.07) is 11.9. The van der Waals surface area contributed by atoms with E-state index in [1.165, 1.54) is 116 Å². The Morgan fingerprint density at radius 2 is 0.742 bits per heavy atom. The summed E-state index contributed by atoms with van der Waals surface area (Å²) in [5.74, 6) is 0. The number of unbranched alkanes of at least 4 members (excludes halogenated alkanes) is 15. The Bertz CT molecular complexity index is 440. The molecule has 1 aromatic rings. The van der Waals surface area contributed by atoms with Gasteiger partial charge in [0.05, 0.1) is 0 Å². The first-order chi connectivity index (χ1) is 15.3. The molecule has 0 spiro atoms. The van der Waals surface area contributed by atoms with Gasteiger partial charge in [-0.15, -0.1) is 0 Å². The van der Waals surface area contributed by atoms with E-state index < -0.39 is 7.26 Å². The summed E-state index contributed by atoms with van der Waals surface area (Å²) < 4.78 is 0. The molecule has 1 aromatic carbocycles. The third-order valence-corrected chi connectivity index (χ3v) is 12.9. The molecule has 0 aliphatic carbocycles. The third-order valence-electron chi connectivity index (χ3n) is 7.41. The third kappa shape index (κ3) is 13.7. The van der Waals surface area contributed by atoms with Crippen molar-refractivity contribution in [2.75, 3.05) is 18.5 Å². The van der Waals surface area contributed by atoms with Crippen LogP contribution in [0, 0.1) is 0 Å². The van der Waals surface area contributed by atoms with Crippen LogP contribution in [-0.4, -0.2) is 18.5 Å². The van der Waals surface area contributed by atoms with Crippen LogP contribution in [0.4, 0.5) is 0 Å². The summed E-state index contributed by atoms with van der Waals surface area (Å²) in [7, 11) is -1.38. The molecule has 0 aliphatic heterocycles. The van der Waals surface area contributed by atoms with Crippen molar-refractivity contribution in [1.29, 1.82) is 0 Å². The predicted molar refractivity (Wildman–Crippen MR) is 149 cm³/mol. The molecule has 0 amide bonds. The molecule has 0 saturated heterocycles. The fourth-order valence-corrected chi connectivity index (χ4v) is 10.6. The zero-order valence-electron chi connectivity index (χ0n) is 21.7. The van der Waals surface area contributed by atoms with E-state index in [0.717, 1.165) is 0 Å². The molecule has 0 radical (unpaired) electrons. The first-order valence-corrected chi connectivity index (χ1v) is 17.0. The van der Waals surface area contributed by atoms with Crippen LogP contribution >= 0.6 is 7.26 Å². The molecule has 1 heteroatoms. The normalized spacial score (nSPS) is 12.4. The first kappa shape index (κ1) is 28.7. The van der Waals surface area contributed by atoms with E-state index in [2.05, 4.69) is 51.1 Å². The molecule has 0 saturated carbocycles. The van der Waals surface area contributed by atoms with Crippen LogP contribution in [0.2, 0.25) is 0 Å². The van der Waals surface area contributed by atoms with Gasteiger partial charge in [-0.2, -0.15) is 0 Å². The predicted octanol–water partition coefficient (Wildman–Crippen LogP) is 10.1. The van der Waals surface area contributed by atoms with E-state index in [1.807, 2.05) is 0 Å². The van der Waals surface area contributed by atoms with Crippen LogP contribution < -0.4 is 5.30 Å². The molecule has 1 rings (SSSR count). The van der Waals surface area contributed by atoms with Gasteiger partial charge in [0, 0.05) is 0 Å². The monoisotopic (exact) mass is 448 g/mol. The van der Waals surface area contributed by atoms with Gasteiger partial charge in [0.15, 0.2) is 0 Å². The Hall–Kier alpha value is -0.350. The van der Waals surface area contributed by atoms with Gasteiger partial charge in [0.25, 0.3) is 0 Å². The molecular formula is C30H57P. The summed E-state index contributed by atoms with van der Waals surface area (Å²) in [5.41, 5.74) is 0. The molecular weight excluding hydrogens is 391 g/mol. The van der Waals surface area contributed by atoms with E-state index in [-0.39, 0.29) is 0 Å². The molecule has 0 heterocycles. The minimum absolute atomic E-state index is 1.36. The van der Waals surface area contributed by atoms with Gasteiger partial charge in [-0.1, -0.05) is 0 Å². The topological polar surface area (TPSA) is 0 Å². The van der Waals surface area contributed by atoms with Crippen LogP contribution in [0.15, 0.2) is 30.3 Å². The van der Waals surface area contributed by atoms with Crippen molar-refractivity contribution in [2.45, 2.75) is 136 Å². The van der Waals surface area contributed by atoms with Gasteiger partial charge >= 0.3 is 198 Å². The molecule has 0 unspecified atom stereocenters. The van der Waals surface area contributed by atoms with Crippen molar-refractivity contribution in [3.05, 3.63) is 30.3 Å². The minimum atomic E-state index is -1.38. The van der Waals surface area contributed by atoms with Gasteiger partial charge in [0.2, 0.25) is 0 Å². The maximum atomic E-state index is 2.51. The van der Waals surface area contributed by atoms with Crippen LogP contribution in [0.5, 0.6) is 0 Å². The molecule has 31 heavy (non-hydrogen) atoms. The molecule has 0 N–H and O–H groups in total. The van der Waals surface area contributed by atoms with E-state index in [9.17, 15) is 0 Å². The summed E-state index contributed by atoms with van der Waals surface area (Å²) >= 11 is 0. The van der Waals surface area contributed by atoms with E-state index >= 15 is 0 Å². The number of hydrogen-bond acceptors (Lipinski definition) is 0. The van der Waals surface area contributed by atoms with Crippen molar-refractivity contribution >= 4 is 12.6 Å². The van der Waals surface area contributed by atoms with Crippen LogP contribution in [0.3, 0.4) is 0 Å². The van der Waals surface area contributed by atoms with E-state index in [4.69, 9.17) is 0 Å². The number of rotatable bonds is 22. The standard InChI is InChI=1S/C30H57P/c1-4-7-10-13-16-22-27-31(30-25-20-19-21-26-30,28-23-17-14-11-8-5-2)29-24-18-15-12-9-6-3/h19-21,25-26,31H,4-18,22-24,27-29H2,1-3H3.